The van der Waals surface area contributed by atoms with Crippen LogP contribution in [-0.4, -0.2) is 31.1 Å². The number of benzene rings is 1. The number of thiophene rings is 1. The van der Waals surface area contributed by atoms with Gasteiger partial charge in [0.15, 0.2) is 0 Å². The minimum Gasteiger partial charge on any atom is -0.315 e. The van der Waals surface area contributed by atoms with E-state index in [0.29, 0.717) is 10.0 Å². The molecule has 1 saturated heterocycles. The van der Waals surface area contributed by atoms with Crippen LogP contribution in [0.3, 0.4) is 0 Å². The highest BCUT2D eigenvalue weighted by atomic mass is 79.9. The molecule has 1 aliphatic heterocycles. The normalized spacial score (nSPS) is 18.1. The Kier molecular flexibility index (Phi) is 5.82. The molecule has 0 aliphatic carbocycles. The van der Waals surface area contributed by atoms with Crippen LogP contribution >= 0.6 is 50.5 Å². The summed E-state index contributed by atoms with van der Waals surface area (Å²) in [4.78, 5) is 3.79. The van der Waals surface area contributed by atoms with E-state index in [4.69, 9.17) is 23.2 Å². The predicted octanol–water partition coefficient (Wildman–Crippen LogP) is 5.20. The van der Waals surface area contributed by atoms with Crippen LogP contribution in [0.15, 0.2) is 34.1 Å². The minimum atomic E-state index is 0.155. The molecular weight excluding hydrogens is 403 g/mol. The highest BCUT2D eigenvalue weighted by Crippen LogP contribution is 2.40. The molecule has 1 atom stereocenters. The minimum absolute atomic E-state index is 0.155. The second-order valence-corrected chi connectivity index (χ2v) is 8.61. The van der Waals surface area contributed by atoms with Crippen molar-refractivity contribution in [3.8, 4) is 0 Å². The lowest BCUT2D eigenvalue weighted by Gasteiger charge is -2.31. The standard InChI is InChI=1S/C16H17BrCl2N2S/c17-14-6-5-13(22-14)16(21-9-2-7-20-8-10-21)11-3-1-4-12(18)15(11)19/h1,3-6,16,20H,2,7-10H2. The number of nitrogens with zero attached hydrogens (tertiary/aromatic N) is 1. The van der Waals surface area contributed by atoms with Crippen molar-refractivity contribution in [3.05, 3.63) is 54.6 Å². The van der Waals surface area contributed by atoms with Crippen molar-refractivity contribution < 1.29 is 0 Å². The molecule has 1 unspecified atom stereocenters. The van der Waals surface area contributed by atoms with Gasteiger partial charge in [-0.3, -0.25) is 4.90 Å². The number of hydrogen-bond acceptors (Lipinski definition) is 3. The Morgan fingerprint density at radius 2 is 2.00 bits per heavy atom. The zero-order valence-corrected chi connectivity index (χ0v) is 15.9. The molecule has 1 aromatic carbocycles. The lowest BCUT2D eigenvalue weighted by molar-refractivity contribution is 0.244. The predicted molar refractivity (Wildman–Crippen MR) is 99.4 cm³/mol. The maximum atomic E-state index is 6.52. The van der Waals surface area contributed by atoms with Gasteiger partial charge >= 0.3 is 0 Å². The van der Waals surface area contributed by atoms with Crippen LogP contribution < -0.4 is 5.32 Å². The first-order valence-corrected chi connectivity index (χ1v) is 9.67. The fourth-order valence-corrected chi connectivity index (χ4v) is 4.85. The fraction of sp³-hybridized carbons (Fsp3) is 0.375. The summed E-state index contributed by atoms with van der Waals surface area (Å²) in [7, 11) is 0. The van der Waals surface area contributed by atoms with Crippen LogP contribution in [0.1, 0.15) is 22.9 Å². The second kappa shape index (κ2) is 7.65. The molecule has 0 amide bonds. The molecule has 0 saturated carbocycles. The van der Waals surface area contributed by atoms with Crippen LogP contribution in [0.5, 0.6) is 0 Å². The molecule has 2 aromatic rings. The Morgan fingerprint density at radius 3 is 2.77 bits per heavy atom. The van der Waals surface area contributed by atoms with E-state index in [9.17, 15) is 0 Å². The van der Waals surface area contributed by atoms with Crippen molar-refractivity contribution in [2.24, 2.45) is 0 Å². The Morgan fingerprint density at radius 1 is 1.14 bits per heavy atom. The molecule has 1 N–H and O–H groups in total. The third-order valence-corrected chi connectivity index (χ3v) is 6.39. The summed E-state index contributed by atoms with van der Waals surface area (Å²) < 4.78 is 1.14. The maximum absolute atomic E-state index is 6.52. The van der Waals surface area contributed by atoms with Gasteiger partial charge in [0.2, 0.25) is 0 Å². The molecule has 2 heterocycles. The topological polar surface area (TPSA) is 15.3 Å². The van der Waals surface area contributed by atoms with Gasteiger partial charge in [-0.05, 0) is 52.7 Å². The quantitative estimate of drug-likeness (QED) is 0.735. The lowest BCUT2D eigenvalue weighted by atomic mass is 10.0. The van der Waals surface area contributed by atoms with Crippen molar-refractivity contribution >= 4 is 50.5 Å². The number of rotatable bonds is 3. The summed E-state index contributed by atoms with van der Waals surface area (Å²) >= 11 is 18.1. The average Bonchev–Trinajstić information content (AvgIpc) is 2.75. The molecule has 118 valence electrons. The second-order valence-electron chi connectivity index (χ2n) is 5.33. The summed E-state index contributed by atoms with van der Waals surface area (Å²) in [5.74, 6) is 0. The molecule has 1 aromatic heterocycles. The van der Waals surface area contributed by atoms with E-state index in [2.05, 4.69) is 44.3 Å². The molecule has 0 bridgehead atoms. The smallest absolute Gasteiger partial charge is 0.0712 e. The highest BCUT2D eigenvalue weighted by Gasteiger charge is 2.27. The first-order valence-electron chi connectivity index (χ1n) is 7.31. The summed E-state index contributed by atoms with van der Waals surface area (Å²) in [5.41, 5.74) is 1.09. The zero-order valence-electron chi connectivity index (χ0n) is 12.0. The summed E-state index contributed by atoms with van der Waals surface area (Å²) in [6.07, 6.45) is 1.14. The van der Waals surface area contributed by atoms with E-state index in [1.807, 2.05) is 12.1 Å². The van der Waals surface area contributed by atoms with Gasteiger partial charge in [-0.1, -0.05) is 35.3 Å². The van der Waals surface area contributed by atoms with Crippen molar-refractivity contribution in [1.29, 1.82) is 0 Å². The molecule has 1 fully saturated rings. The van der Waals surface area contributed by atoms with E-state index in [0.717, 1.165) is 41.9 Å². The van der Waals surface area contributed by atoms with Crippen LogP contribution in [0.25, 0.3) is 0 Å². The van der Waals surface area contributed by atoms with Gasteiger partial charge in [-0.15, -0.1) is 11.3 Å². The SMILES string of the molecule is Clc1cccc(C(c2ccc(Br)s2)N2CCCNCC2)c1Cl. The van der Waals surface area contributed by atoms with Gasteiger partial charge in [0, 0.05) is 24.5 Å². The van der Waals surface area contributed by atoms with Crippen molar-refractivity contribution in [2.75, 3.05) is 26.2 Å². The first kappa shape index (κ1) is 16.7. The number of nitrogens with one attached hydrogen (secondary N) is 1. The third-order valence-electron chi connectivity index (χ3n) is 3.88. The molecule has 6 heteroatoms. The van der Waals surface area contributed by atoms with Gasteiger partial charge in [-0.2, -0.15) is 0 Å². The Bertz CT molecular complexity index is 639. The summed E-state index contributed by atoms with van der Waals surface area (Å²) in [5, 5.41) is 4.74. The van der Waals surface area contributed by atoms with Gasteiger partial charge in [-0.25, -0.2) is 0 Å². The molecule has 1 aliphatic rings. The molecule has 0 radical (unpaired) electrons. The van der Waals surface area contributed by atoms with E-state index in [-0.39, 0.29) is 6.04 Å². The largest absolute Gasteiger partial charge is 0.315 e. The first-order chi connectivity index (χ1) is 10.7. The van der Waals surface area contributed by atoms with Crippen molar-refractivity contribution in [3.63, 3.8) is 0 Å². The fourth-order valence-electron chi connectivity index (χ4n) is 2.86. The number of halogens is 3. The van der Waals surface area contributed by atoms with E-state index in [1.54, 1.807) is 11.3 Å². The Hall–Kier alpha value is -0.100. The van der Waals surface area contributed by atoms with E-state index < -0.39 is 0 Å². The van der Waals surface area contributed by atoms with E-state index >= 15 is 0 Å². The average molecular weight is 420 g/mol. The summed E-state index contributed by atoms with van der Waals surface area (Å²) in [6.45, 7) is 4.13. The molecule has 0 spiro atoms. The van der Waals surface area contributed by atoms with Gasteiger partial charge in [0.25, 0.3) is 0 Å². The zero-order chi connectivity index (χ0) is 15.5. The van der Waals surface area contributed by atoms with Crippen molar-refractivity contribution in [1.82, 2.24) is 10.2 Å². The molecular formula is C16H17BrCl2N2S. The highest BCUT2D eigenvalue weighted by molar-refractivity contribution is 9.11. The van der Waals surface area contributed by atoms with Gasteiger partial charge in [0.1, 0.15) is 0 Å². The monoisotopic (exact) mass is 418 g/mol. The van der Waals surface area contributed by atoms with Gasteiger partial charge in [0.05, 0.1) is 19.9 Å². The lowest BCUT2D eigenvalue weighted by Crippen LogP contribution is -2.32. The van der Waals surface area contributed by atoms with Crippen LogP contribution in [0.2, 0.25) is 10.0 Å². The number of hydrogen-bond donors (Lipinski definition) is 1. The van der Waals surface area contributed by atoms with Crippen molar-refractivity contribution in [2.45, 2.75) is 12.5 Å². The van der Waals surface area contributed by atoms with Gasteiger partial charge < -0.3 is 5.32 Å². The van der Waals surface area contributed by atoms with Crippen LogP contribution in [0.4, 0.5) is 0 Å². The van der Waals surface area contributed by atoms with Crippen LogP contribution in [0, 0.1) is 0 Å². The molecule has 22 heavy (non-hydrogen) atoms. The Balaban J connectivity index is 2.03. The molecule has 3 rings (SSSR count). The van der Waals surface area contributed by atoms with E-state index in [1.165, 1.54) is 4.88 Å². The third kappa shape index (κ3) is 3.69. The van der Waals surface area contributed by atoms with Crippen LogP contribution in [-0.2, 0) is 0 Å². The maximum Gasteiger partial charge on any atom is 0.0712 e. The summed E-state index contributed by atoms with van der Waals surface area (Å²) in [6, 6.07) is 10.3. The Labute approximate surface area is 153 Å². The molecule has 2 nitrogen and oxygen atoms in total.